The van der Waals surface area contributed by atoms with Crippen LogP contribution in [0.5, 0.6) is 0 Å². The van der Waals surface area contributed by atoms with E-state index >= 15 is 0 Å². The van der Waals surface area contributed by atoms with Crippen LogP contribution in [0.25, 0.3) is 0 Å². The second kappa shape index (κ2) is 8.67. The number of para-hydroxylation sites is 2. The second-order valence-corrected chi connectivity index (χ2v) is 8.10. The number of hydrogen-bond donors (Lipinski definition) is 2. The molecule has 4 rings (SSSR count). The van der Waals surface area contributed by atoms with Crippen molar-refractivity contribution >= 4 is 28.9 Å². The molecular weight excluding hydrogens is 400 g/mol. The van der Waals surface area contributed by atoms with Crippen molar-refractivity contribution in [3.8, 4) is 0 Å². The van der Waals surface area contributed by atoms with E-state index in [1.54, 1.807) is 0 Å². The maximum atomic E-state index is 13.9. The first-order chi connectivity index (χ1) is 15.4. The predicted octanol–water partition coefficient (Wildman–Crippen LogP) is 4.51. The smallest absolute Gasteiger partial charge is 0.300 e. The molecular formula is C26H26N4O2. The molecule has 0 bridgehead atoms. The van der Waals surface area contributed by atoms with Crippen LogP contribution in [0.4, 0.5) is 11.4 Å². The van der Waals surface area contributed by atoms with Crippen molar-refractivity contribution in [2.75, 3.05) is 10.3 Å². The van der Waals surface area contributed by atoms with Gasteiger partial charge in [-0.2, -0.15) is 10.1 Å². The zero-order chi connectivity index (χ0) is 22.7. The van der Waals surface area contributed by atoms with Crippen LogP contribution in [-0.4, -0.2) is 23.2 Å². The minimum Gasteiger partial charge on any atom is -0.350 e. The highest BCUT2D eigenvalue weighted by molar-refractivity contribution is 6.30. The lowest BCUT2D eigenvalue weighted by molar-refractivity contribution is -0.127. The van der Waals surface area contributed by atoms with E-state index in [-0.39, 0.29) is 11.8 Å². The van der Waals surface area contributed by atoms with E-state index in [1.807, 2.05) is 84.9 Å². The van der Waals surface area contributed by atoms with Crippen LogP contribution < -0.4 is 15.6 Å². The minimum absolute atomic E-state index is 0.344. The van der Waals surface area contributed by atoms with Gasteiger partial charge in [-0.25, -0.2) is 0 Å². The largest absolute Gasteiger partial charge is 0.350 e. The maximum Gasteiger partial charge on any atom is 0.300 e. The second-order valence-electron chi connectivity index (χ2n) is 8.10. The van der Waals surface area contributed by atoms with Crippen LogP contribution in [0.15, 0.2) is 90.0 Å². The van der Waals surface area contributed by atoms with Crippen LogP contribution >= 0.6 is 0 Å². The topological polar surface area (TPSA) is 73.8 Å². The number of nitrogens with zero attached hydrogens (tertiary/aromatic N) is 2. The minimum atomic E-state index is -1.55. The molecule has 2 amide bonds. The number of nitrogens with one attached hydrogen (secondary N) is 2. The molecule has 2 N–H and O–H groups in total. The average molecular weight is 427 g/mol. The first kappa shape index (κ1) is 21.3. The molecule has 1 unspecified atom stereocenters. The molecule has 0 saturated carbocycles. The molecule has 0 radical (unpaired) electrons. The Labute approximate surface area is 188 Å². The summed E-state index contributed by atoms with van der Waals surface area (Å²) in [7, 11) is 0. The van der Waals surface area contributed by atoms with Gasteiger partial charge < -0.3 is 10.6 Å². The zero-order valence-electron chi connectivity index (χ0n) is 18.4. The third kappa shape index (κ3) is 3.99. The summed E-state index contributed by atoms with van der Waals surface area (Å²) in [5, 5.41) is 12.2. The Bertz CT molecular complexity index is 1140. The molecule has 3 aromatic carbocycles. The number of rotatable bonds is 6. The Hall–Kier alpha value is -3.93. The molecule has 0 saturated heterocycles. The Morgan fingerprint density at radius 2 is 1.50 bits per heavy atom. The molecule has 0 spiro atoms. The van der Waals surface area contributed by atoms with Crippen molar-refractivity contribution in [3.05, 3.63) is 96.1 Å². The lowest BCUT2D eigenvalue weighted by atomic mass is 9.93. The number of hydrogen-bond acceptors (Lipinski definition) is 4. The predicted molar refractivity (Wildman–Crippen MR) is 128 cm³/mol. The lowest BCUT2D eigenvalue weighted by Gasteiger charge is -2.32. The van der Waals surface area contributed by atoms with Gasteiger partial charge in [0.05, 0.1) is 5.69 Å². The number of amides is 2. The molecule has 162 valence electrons. The highest BCUT2D eigenvalue weighted by Gasteiger charge is 2.53. The van der Waals surface area contributed by atoms with Gasteiger partial charge in [0.2, 0.25) is 11.6 Å². The standard InChI is InChI=1S/C26H26N4O2/c1-18(2)20-14-16-21(17-15-20)24-26(27-19(3)31,28-22-10-6-4-7-11-22)25(32)30(29-24)23-12-8-5-9-13-23/h4-18,28H,1-3H3,(H,27,31). The highest BCUT2D eigenvalue weighted by atomic mass is 16.2. The fourth-order valence-electron chi connectivity index (χ4n) is 3.78. The van der Waals surface area contributed by atoms with Crippen molar-refractivity contribution in [2.24, 2.45) is 5.10 Å². The van der Waals surface area contributed by atoms with Gasteiger partial charge >= 0.3 is 5.91 Å². The molecule has 32 heavy (non-hydrogen) atoms. The van der Waals surface area contributed by atoms with Gasteiger partial charge in [0.1, 0.15) is 5.71 Å². The third-order valence-electron chi connectivity index (χ3n) is 5.39. The average Bonchev–Trinajstić information content (AvgIpc) is 3.06. The first-order valence-electron chi connectivity index (χ1n) is 10.6. The SMILES string of the molecule is CC(=O)NC1(Nc2ccccc2)C(=O)N(c2ccccc2)N=C1c1ccc(C(C)C)cc1. The Morgan fingerprint density at radius 3 is 2.06 bits per heavy atom. The summed E-state index contributed by atoms with van der Waals surface area (Å²) in [6, 6.07) is 26.5. The molecule has 6 heteroatoms. The Kier molecular flexibility index (Phi) is 5.77. The van der Waals surface area contributed by atoms with E-state index < -0.39 is 5.66 Å². The zero-order valence-corrected chi connectivity index (χ0v) is 18.4. The van der Waals surface area contributed by atoms with Gasteiger partial charge in [-0.05, 0) is 35.7 Å². The Morgan fingerprint density at radius 1 is 0.906 bits per heavy atom. The summed E-state index contributed by atoms with van der Waals surface area (Å²) in [6.45, 7) is 5.65. The summed E-state index contributed by atoms with van der Waals surface area (Å²) in [5.41, 5.74) is 2.12. The molecule has 0 aliphatic carbocycles. The van der Waals surface area contributed by atoms with Crippen molar-refractivity contribution in [2.45, 2.75) is 32.4 Å². The molecule has 1 heterocycles. The van der Waals surface area contributed by atoms with Crippen molar-refractivity contribution in [3.63, 3.8) is 0 Å². The van der Waals surface area contributed by atoms with Gasteiger partial charge in [0.15, 0.2) is 0 Å². The third-order valence-corrected chi connectivity index (χ3v) is 5.39. The van der Waals surface area contributed by atoms with Gasteiger partial charge in [-0.1, -0.05) is 74.5 Å². The fourth-order valence-corrected chi connectivity index (χ4v) is 3.78. The quantitative estimate of drug-likeness (QED) is 0.570. The molecule has 1 atom stereocenters. The van der Waals surface area contributed by atoms with E-state index in [2.05, 4.69) is 24.5 Å². The Balaban J connectivity index is 1.88. The number of hydrazone groups is 1. The first-order valence-corrected chi connectivity index (χ1v) is 10.6. The van der Waals surface area contributed by atoms with E-state index in [4.69, 9.17) is 5.10 Å². The van der Waals surface area contributed by atoms with Crippen LogP contribution in [0, 0.1) is 0 Å². The van der Waals surface area contributed by atoms with E-state index in [0.29, 0.717) is 23.0 Å². The van der Waals surface area contributed by atoms with Crippen LogP contribution in [0.3, 0.4) is 0 Å². The molecule has 0 aromatic heterocycles. The van der Waals surface area contributed by atoms with E-state index in [1.165, 1.54) is 17.5 Å². The van der Waals surface area contributed by atoms with Crippen molar-refractivity contribution in [1.29, 1.82) is 0 Å². The van der Waals surface area contributed by atoms with E-state index in [0.717, 1.165) is 5.56 Å². The van der Waals surface area contributed by atoms with Crippen LogP contribution in [-0.2, 0) is 9.59 Å². The molecule has 0 fully saturated rings. The van der Waals surface area contributed by atoms with E-state index in [9.17, 15) is 9.59 Å². The number of anilines is 2. The monoisotopic (exact) mass is 426 g/mol. The summed E-state index contributed by atoms with van der Waals surface area (Å²) in [6.07, 6.45) is 0. The van der Waals surface area contributed by atoms with Crippen LogP contribution in [0.1, 0.15) is 37.8 Å². The lowest BCUT2D eigenvalue weighted by Crippen LogP contribution is -2.64. The number of benzene rings is 3. The number of carbonyl (C=O) groups excluding carboxylic acids is 2. The molecule has 6 nitrogen and oxygen atoms in total. The number of carbonyl (C=O) groups is 2. The van der Waals surface area contributed by atoms with Crippen molar-refractivity contribution in [1.82, 2.24) is 5.32 Å². The summed E-state index contributed by atoms with van der Waals surface area (Å²) in [4.78, 5) is 26.2. The van der Waals surface area contributed by atoms with Crippen LogP contribution in [0.2, 0.25) is 0 Å². The van der Waals surface area contributed by atoms with Gasteiger partial charge in [0, 0.05) is 18.2 Å². The summed E-state index contributed by atoms with van der Waals surface area (Å²) >= 11 is 0. The highest BCUT2D eigenvalue weighted by Crippen LogP contribution is 2.31. The van der Waals surface area contributed by atoms with Gasteiger partial charge in [-0.3, -0.25) is 9.59 Å². The van der Waals surface area contributed by atoms with Gasteiger partial charge in [-0.15, -0.1) is 0 Å². The summed E-state index contributed by atoms with van der Waals surface area (Å²) < 4.78 is 0. The molecule has 1 aliphatic rings. The van der Waals surface area contributed by atoms with Crippen molar-refractivity contribution < 1.29 is 9.59 Å². The maximum absolute atomic E-state index is 13.9. The normalized spacial score (nSPS) is 17.9. The fraction of sp³-hybridized carbons (Fsp3) is 0.192. The van der Waals surface area contributed by atoms with Gasteiger partial charge in [0.25, 0.3) is 0 Å². The summed E-state index contributed by atoms with van der Waals surface area (Å²) in [5.74, 6) is -0.353. The molecule has 3 aromatic rings. The molecule has 1 aliphatic heterocycles.